The van der Waals surface area contributed by atoms with E-state index in [1.165, 1.54) is 80.7 Å². The van der Waals surface area contributed by atoms with Crippen molar-refractivity contribution in [1.82, 2.24) is 8.80 Å². The van der Waals surface area contributed by atoms with Crippen LogP contribution in [0, 0.1) is 0 Å². The number of aryl methyl sites for hydroxylation is 2. The summed E-state index contributed by atoms with van der Waals surface area (Å²) in [4.78, 5) is 29.5. The molecule has 0 bridgehead atoms. The van der Waals surface area contributed by atoms with E-state index >= 15 is 0 Å². The van der Waals surface area contributed by atoms with Gasteiger partial charge in [0, 0.05) is 26.9 Å². The molecule has 8 aromatic rings. The van der Waals surface area contributed by atoms with E-state index < -0.39 is 0 Å². The van der Waals surface area contributed by atoms with E-state index in [1.807, 2.05) is 8.80 Å². The van der Waals surface area contributed by atoms with Gasteiger partial charge in [-0.25, -0.2) is 0 Å². The Kier molecular flexibility index (Phi) is 8.91. The first-order valence-corrected chi connectivity index (χ1v) is 21.4. The molecule has 0 spiro atoms. The molecule has 0 aliphatic rings. The molecular formula is C38H38Br2N2O2S3. The van der Waals surface area contributed by atoms with E-state index in [4.69, 9.17) is 0 Å². The minimum Gasteiger partial charge on any atom is -0.273 e. The Balaban J connectivity index is 1.47. The maximum atomic E-state index is 15.0. The summed E-state index contributed by atoms with van der Waals surface area (Å²) in [6, 6.07) is 4.40. The van der Waals surface area contributed by atoms with Crippen LogP contribution in [0.5, 0.6) is 0 Å². The Labute approximate surface area is 302 Å². The molecule has 0 saturated carbocycles. The fourth-order valence-electron chi connectivity index (χ4n) is 8.01. The number of pyridine rings is 2. The van der Waals surface area contributed by atoms with Crippen LogP contribution in [0.1, 0.15) is 102 Å². The summed E-state index contributed by atoms with van der Waals surface area (Å²) in [5.74, 6) is 0. The van der Waals surface area contributed by atoms with Crippen molar-refractivity contribution in [2.45, 2.75) is 104 Å². The van der Waals surface area contributed by atoms with Gasteiger partial charge in [0.2, 0.25) is 0 Å². The third-order valence-corrected chi connectivity index (χ3v) is 15.1. The monoisotopic (exact) mass is 808 g/mol. The first-order valence-electron chi connectivity index (χ1n) is 17.3. The molecule has 7 heterocycles. The Morgan fingerprint density at radius 2 is 1.06 bits per heavy atom. The Bertz CT molecular complexity index is 2530. The highest BCUT2D eigenvalue weighted by atomic mass is 79.9. The molecular weight excluding hydrogens is 772 g/mol. The second-order valence-corrected chi connectivity index (χ2v) is 17.7. The predicted molar refractivity (Wildman–Crippen MR) is 214 cm³/mol. The topological polar surface area (TPSA) is 43.0 Å². The molecule has 0 radical (unpaired) electrons. The number of rotatable bonds is 14. The summed E-state index contributed by atoms with van der Waals surface area (Å²) in [5.41, 5.74) is 6.48. The lowest BCUT2D eigenvalue weighted by Crippen LogP contribution is -2.17. The van der Waals surface area contributed by atoms with Gasteiger partial charge in [-0.2, -0.15) is 0 Å². The van der Waals surface area contributed by atoms with Gasteiger partial charge in [-0.1, -0.05) is 78.1 Å². The molecule has 8 rings (SSSR count). The van der Waals surface area contributed by atoms with Crippen LogP contribution in [0.25, 0.3) is 62.4 Å². The van der Waals surface area contributed by atoms with Crippen molar-refractivity contribution in [3.8, 4) is 0 Å². The maximum absolute atomic E-state index is 15.0. The molecule has 7 aromatic heterocycles. The number of unbranched alkanes of at least 4 members (excludes halogenated alkanes) is 10. The van der Waals surface area contributed by atoms with Gasteiger partial charge in [-0.05, 0) is 80.8 Å². The van der Waals surface area contributed by atoms with Crippen LogP contribution in [-0.2, 0) is 12.8 Å². The van der Waals surface area contributed by atoms with Crippen LogP contribution in [0.3, 0.4) is 0 Å². The van der Waals surface area contributed by atoms with Crippen molar-refractivity contribution in [1.29, 1.82) is 0 Å². The number of fused-ring (bicyclic) bond motifs is 8. The van der Waals surface area contributed by atoms with Crippen LogP contribution >= 0.6 is 65.9 Å². The van der Waals surface area contributed by atoms with E-state index in [0.29, 0.717) is 0 Å². The largest absolute Gasteiger partial charge is 0.273 e. The summed E-state index contributed by atoms with van der Waals surface area (Å²) in [5, 5.41) is 8.28. The second kappa shape index (κ2) is 13.0. The van der Waals surface area contributed by atoms with Crippen molar-refractivity contribution in [3.63, 3.8) is 0 Å². The number of hydrogen-bond donors (Lipinski definition) is 0. The van der Waals surface area contributed by atoms with Crippen LogP contribution in [0.4, 0.5) is 0 Å². The lowest BCUT2D eigenvalue weighted by atomic mass is 9.87. The maximum Gasteiger partial charge on any atom is 0.273 e. The van der Waals surface area contributed by atoms with Gasteiger partial charge >= 0.3 is 0 Å². The highest BCUT2D eigenvalue weighted by Gasteiger charge is 2.29. The molecule has 0 atom stereocenters. The van der Waals surface area contributed by atoms with Crippen molar-refractivity contribution in [2.75, 3.05) is 0 Å². The average molecular weight is 811 g/mol. The number of nitrogens with zero attached hydrogens (tertiary/aromatic N) is 2. The number of hydrogen-bond acceptors (Lipinski definition) is 5. The normalized spacial score (nSPS) is 12.8. The smallest absolute Gasteiger partial charge is 0.273 e. The van der Waals surface area contributed by atoms with Gasteiger partial charge < -0.3 is 0 Å². The molecule has 0 N–H and O–H groups in total. The van der Waals surface area contributed by atoms with Gasteiger partial charge in [0.05, 0.1) is 50.5 Å². The first-order chi connectivity index (χ1) is 23.0. The van der Waals surface area contributed by atoms with Gasteiger partial charge in [-0.3, -0.25) is 18.4 Å². The van der Waals surface area contributed by atoms with Crippen LogP contribution in [-0.4, -0.2) is 8.80 Å². The SMILES string of the molecule is CCCCCCCCc1c(CCCCCCCC)c2c3c(sc4c3c1c(=O)n1c4cc3scc(Br)c31)c(=O)n1c2cc2scc(Br)c21. The van der Waals surface area contributed by atoms with E-state index in [9.17, 15) is 9.59 Å². The summed E-state index contributed by atoms with van der Waals surface area (Å²) in [7, 11) is 0. The fourth-order valence-corrected chi connectivity index (χ4v) is 12.5. The molecule has 0 unspecified atom stereocenters. The Morgan fingerprint density at radius 3 is 1.66 bits per heavy atom. The lowest BCUT2D eigenvalue weighted by molar-refractivity contribution is 0.600. The predicted octanol–water partition coefficient (Wildman–Crippen LogP) is 13.1. The molecule has 4 nitrogen and oxygen atoms in total. The zero-order valence-corrected chi connectivity index (χ0v) is 32.5. The minimum absolute atomic E-state index is 0.0263. The summed E-state index contributed by atoms with van der Waals surface area (Å²) in [6.07, 6.45) is 16.4. The van der Waals surface area contributed by atoms with Gasteiger partial charge in [0.25, 0.3) is 11.1 Å². The van der Waals surface area contributed by atoms with E-state index in [-0.39, 0.29) is 11.1 Å². The van der Waals surface area contributed by atoms with E-state index in [2.05, 4.69) is 68.6 Å². The molecule has 47 heavy (non-hydrogen) atoms. The standard InChI is InChI=1S/C38H38Br2N2O2S3/c1-3-5-7-9-11-13-15-21-22(16-14-12-10-8-6-4-2)30-32-31-29(21)25-17-27-33(23(39)19-45-27)41(25)38(44)36(31)47-35(32)26-18-28-34(24(40)20-46-28)42(26)37(30)43/h17-20H,3-16H2,1-2H3. The summed E-state index contributed by atoms with van der Waals surface area (Å²) < 4.78 is 9.90. The number of benzene rings is 1. The summed E-state index contributed by atoms with van der Waals surface area (Å²) in [6.45, 7) is 4.53. The lowest BCUT2D eigenvalue weighted by Gasteiger charge is -2.18. The zero-order valence-electron chi connectivity index (χ0n) is 26.9. The number of aromatic nitrogens is 2. The van der Waals surface area contributed by atoms with Crippen LogP contribution in [0.15, 0.2) is 41.4 Å². The molecule has 1 aromatic carbocycles. The van der Waals surface area contributed by atoms with Crippen molar-refractivity contribution in [2.24, 2.45) is 0 Å². The van der Waals surface area contributed by atoms with Gasteiger partial charge in [-0.15, -0.1) is 34.0 Å². The molecule has 0 saturated heterocycles. The molecule has 9 heteroatoms. The van der Waals surface area contributed by atoms with Crippen molar-refractivity contribution < 1.29 is 0 Å². The first kappa shape index (κ1) is 32.2. The molecule has 0 fully saturated rings. The minimum atomic E-state index is 0.0263. The van der Waals surface area contributed by atoms with E-state index in [1.54, 1.807) is 34.0 Å². The van der Waals surface area contributed by atoms with E-state index in [0.717, 1.165) is 91.7 Å². The number of thiophene rings is 3. The van der Waals surface area contributed by atoms with Crippen LogP contribution in [0.2, 0.25) is 0 Å². The molecule has 0 aliphatic carbocycles. The third kappa shape index (κ3) is 5.04. The molecule has 244 valence electrons. The highest BCUT2D eigenvalue weighted by molar-refractivity contribution is 9.11. The van der Waals surface area contributed by atoms with Crippen molar-refractivity contribution >= 4 is 128 Å². The highest BCUT2D eigenvalue weighted by Crippen LogP contribution is 2.48. The quantitative estimate of drug-likeness (QED) is 0.0811. The summed E-state index contributed by atoms with van der Waals surface area (Å²) >= 11 is 12.5. The average Bonchev–Trinajstić information content (AvgIpc) is 3.87. The van der Waals surface area contributed by atoms with Gasteiger partial charge in [0.1, 0.15) is 4.70 Å². The number of halogens is 2. The fraction of sp³-hybridized carbons (Fsp3) is 0.421. The van der Waals surface area contributed by atoms with Crippen molar-refractivity contribution in [3.05, 3.63) is 63.7 Å². The second-order valence-electron chi connectivity index (χ2n) is 13.2. The molecule has 0 amide bonds. The van der Waals surface area contributed by atoms with Crippen LogP contribution < -0.4 is 11.1 Å². The third-order valence-electron chi connectivity index (χ3n) is 10.2. The molecule has 0 aliphatic heterocycles. The van der Waals surface area contributed by atoms with Gasteiger partial charge in [0.15, 0.2) is 0 Å². The zero-order chi connectivity index (χ0) is 32.4. The Hall–Kier alpha value is -2.04. The Morgan fingerprint density at radius 1 is 0.574 bits per heavy atom.